The lowest BCUT2D eigenvalue weighted by molar-refractivity contribution is 0.0910. The monoisotopic (exact) mass is 465 g/mol. The lowest BCUT2D eigenvalue weighted by Gasteiger charge is -2.27. The van der Waals surface area contributed by atoms with E-state index in [-0.39, 0.29) is 23.3 Å². The molecular formula is C24H27N5O3S. The number of nitrogens with zero attached hydrogens (tertiary/aromatic N) is 2. The second-order valence-electron chi connectivity index (χ2n) is 9.07. The number of hydrogen-bond donors (Lipinski definition) is 3. The minimum absolute atomic E-state index is 0.0189. The number of thiophene rings is 1. The van der Waals surface area contributed by atoms with Crippen molar-refractivity contribution in [2.75, 3.05) is 0 Å². The van der Waals surface area contributed by atoms with E-state index in [0.29, 0.717) is 39.6 Å². The van der Waals surface area contributed by atoms with Crippen molar-refractivity contribution < 1.29 is 14.0 Å². The van der Waals surface area contributed by atoms with Crippen molar-refractivity contribution in [3.63, 3.8) is 0 Å². The summed E-state index contributed by atoms with van der Waals surface area (Å²) in [4.78, 5) is 38.8. The quantitative estimate of drug-likeness (QED) is 0.383. The van der Waals surface area contributed by atoms with Crippen molar-refractivity contribution in [3.05, 3.63) is 58.6 Å². The van der Waals surface area contributed by atoms with Crippen molar-refractivity contribution >= 4 is 34.3 Å². The highest BCUT2D eigenvalue weighted by molar-refractivity contribution is 7.17. The summed E-state index contributed by atoms with van der Waals surface area (Å²) in [6, 6.07) is 7.27. The molecule has 0 aliphatic heterocycles. The highest BCUT2D eigenvalue weighted by Crippen LogP contribution is 2.28. The summed E-state index contributed by atoms with van der Waals surface area (Å²) in [6.45, 7) is 10.4. The molecule has 4 rings (SSSR count). The van der Waals surface area contributed by atoms with Crippen LogP contribution in [0.2, 0.25) is 0 Å². The number of amides is 2. The van der Waals surface area contributed by atoms with E-state index in [9.17, 15) is 9.59 Å². The molecule has 0 saturated heterocycles. The van der Waals surface area contributed by atoms with Gasteiger partial charge in [0, 0.05) is 12.2 Å². The summed E-state index contributed by atoms with van der Waals surface area (Å²) in [5.74, 6) is 1.12. The van der Waals surface area contributed by atoms with E-state index in [1.54, 1.807) is 18.5 Å². The highest BCUT2D eigenvalue weighted by atomic mass is 32.1. The zero-order chi connectivity index (χ0) is 23.8. The summed E-state index contributed by atoms with van der Waals surface area (Å²) < 4.78 is 5.49. The van der Waals surface area contributed by atoms with Crippen molar-refractivity contribution in [1.82, 2.24) is 25.6 Å². The molecule has 0 bridgehead atoms. The molecule has 0 spiro atoms. The Morgan fingerprint density at radius 1 is 1.18 bits per heavy atom. The molecule has 0 radical (unpaired) electrons. The second-order valence-corrected chi connectivity index (χ2v) is 10.2. The molecule has 172 valence electrons. The smallest absolute Gasteiger partial charge is 0.261 e. The van der Waals surface area contributed by atoms with Crippen molar-refractivity contribution in [1.29, 1.82) is 0 Å². The second kappa shape index (κ2) is 8.82. The molecule has 1 unspecified atom stereocenters. The third-order valence-corrected chi connectivity index (χ3v) is 6.68. The van der Waals surface area contributed by atoms with E-state index in [1.165, 1.54) is 11.3 Å². The summed E-state index contributed by atoms with van der Waals surface area (Å²) in [5.41, 5.74) is 2.02. The number of aromatic amines is 1. The Bertz CT molecular complexity index is 1310. The van der Waals surface area contributed by atoms with Crippen LogP contribution >= 0.6 is 11.3 Å². The van der Waals surface area contributed by atoms with Crippen molar-refractivity contribution in [3.8, 4) is 10.6 Å². The fraction of sp³-hybridized carbons (Fsp3) is 0.333. The minimum Gasteiger partial charge on any atom is -0.465 e. The lowest BCUT2D eigenvalue weighted by Crippen LogP contribution is -2.41. The van der Waals surface area contributed by atoms with Gasteiger partial charge in [-0.15, -0.1) is 11.3 Å². The van der Waals surface area contributed by atoms with Gasteiger partial charge < -0.3 is 20.0 Å². The third-order valence-electron chi connectivity index (χ3n) is 5.57. The topological polar surface area (TPSA) is 113 Å². The van der Waals surface area contributed by atoms with Gasteiger partial charge >= 0.3 is 0 Å². The number of H-pyrrole nitrogens is 1. The Balaban J connectivity index is 1.52. The number of fused-ring (bicyclic) bond motifs is 1. The zero-order valence-electron chi connectivity index (χ0n) is 19.3. The molecule has 0 aromatic carbocycles. The average Bonchev–Trinajstić information content (AvgIpc) is 3.50. The molecule has 1 atom stereocenters. The van der Waals surface area contributed by atoms with Gasteiger partial charge in [-0.1, -0.05) is 20.8 Å². The van der Waals surface area contributed by atoms with Crippen LogP contribution < -0.4 is 10.6 Å². The van der Waals surface area contributed by atoms with Gasteiger partial charge in [0.2, 0.25) is 0 Å². The lowest BCUT2D eigenvalue weighted by atomic mass is 9.88. The largest absolute Gasteiger partial charge is 0.465 e. The molecule has 4 aromatic heterocycles. The molecule has 0 fully saturated rings. The normalized spacial score (nSPS) is 12.6. The molecule has 0 saturated carbocycles. The number of rotatable bonds is 6. The van der Waals surface area contributed by atoms with E-state index in [1.807, 2.05) is 32.0 Å². The summed E-state index contributed by atoms with van der Waals surface area (Å²) in [7, 11) is 0. The maximum atomic E-state index is 12.9. The fourth-order valence-electron chi connectivity index (χ4n) is 3.11. The van der Waals surface area contributed by atoms with E-state index < -0.39 is 0 Å². The molecule has 3 N–H and O–H groups in total. The van der Waals surface area contributed by atoms with Crippen LogP contribution in [-0.4, -0.2) is 32.8 Å². The van der Waals surface area contributed by atoms with E-state index in [2.05, 4.69) is 46.4 Å². The van der Waals surface area contributed by atoms with E-state index in [0.717, 1.165) is 10.6 Å². The van der Waals surface area contributed by atoms with Gasteiger partial charge in [0.15, 0.2) is 5.65 Å². The Kier molecular flexibility index (Phi) is 6.07. The first-order valence-electron chi connectivity index (χ1n) is 10.7. The number of hydrogen-bond acceptors (Lipinski definition) is 6. The number of carbonyl (C=O) groups excluding carboxylic acids is 2. The molecule has 4 aromatic rings. The number of aromatic nitrogens is 3. The maximum absolute atomic E-state index is 12.9. The van der Waals surface area contributed by atoms with Crippen LogP contribution in [0.1, 0.15) is 59.2 Å². The molecule has 4 heterocycles. The molecule has 8 nitrogen and oxygen atoms in total. The Hall–Kier alpha value is -3.46. The minimum atomic E-state index is -0.200. The molecular weight excluding hydrogens is 438 g/mol. The molecule has 0 aliphatic rings. The fourth-order valence-corrected chi connectivity index (χ4v) is 3.98. The van der Waals surface area contributed by atoms with Crippen LogP contribution in [0.15, 0.2) is 41.1 Å². The number of carbonyl (C=O) groups is 2. The summed E-state index contributed by atoms with van der Waals surface area (Å²) in [5, 5.41) is 5.89. The van der Waals surface area contributed by atoms with Gasteiger partial charge in [-0.05, 0) is 43.5 Å². The Morgan fingerprint density at radius 2 is 1.97 bits per heavy atom. The van der Waals surface area contributed by atoms with Crippen molar-refractivity contribution in [2.45, 2.75) is 47.2 Å². The van der Waals surface area contributed by atoms with Gasteiger partial charge in [0.1, 0.15) is 17.0 Å². The molecule has 33 heavy (non-hydrogen) atoms. The SMILES string of the molecule is Cc1ccc(CNC(=O)c2ccc(-c3cnc4[nH]cc(C(=O)NC(C)C(C)(C)C)c4n3)s2)o1. The number of furan rings is 1. The Morgan fingerprint density at radius 3 is 2.67 bits per heavy atom. The van der Waals surface area contributed by atoms with E-state index in [4.69, 9.17) is 4.42 Å². The maximum Gasteiger partial charge on any atom is 0.261 e. The summed E-state index contributed by atoms with van der Waals surface area (Å²) >= 11 is 1.32. The van der Waals surface area contributed by atoms with Gasteiger partial charge in [0.25, 0.3) is 11.8 Å². The average molecular weight is 466 g/mol. The highest BCUT2D eigenvalue weighted by Gasteiger charge is 2.24. The van der Waals surface area contributed by atoms with Crippen LogP contribution in [0.25, 0.3) is 21.7 Å². The van der Waals surface area contributed by atoms with Crippen LogP contribution in [0.4, 0.5) is 0 Å². The first kappa shape index (κ1) is 22.7. The first-order valence-corrected chi connectivity index (χ1v) is 11.5. The van der Waals surface area contributed by atoms with Gasteiger partial charge in [-0.3, -0.25) is 9.59 Å². The zero-order valence-corrected chi connectivity index (χ0v) is 20.1. The van der Waals surface area contributed by atoms with Crippen LogP contribution in [-0.2, 0) is 6.54 Å². The number of nitrogens with one attached hydrogen (secondary N) is 3. The molecule has 9 heteroatoms. The van der Waals surface area contributed by atoms with Crippen LogP contribution in [0, 0.1) is 12.3 Å². The standard InChI is InChI=1S/C24H27N5O3S/c1-13-6-7-15(32-13)10-27-23(31)19-9-8-18(33-19)17-12-26-21-20(29-17)16(11-25-21)22(30)28-14(2)24(3,4)5/h6-9,11-12,14H,10H2,1-5H3,(H,25,26)(H,27,31)(H,28,30). The van der Waals surface area contributed by atoms with Crippen LogP contribution in [0.3, 0.4) is 0 Å². The molecule has 0 aliphatic carbocycles. The summed E-state index contributed by atoms with van der Waals surface area (Å²) in [6.07, 6.45) is 3.26. The van der Waals surface area contributed by atoms with E-state index >= 15 is 0 Å². The van der Waals surface area contributed by atoms with Gasteiger partial charge in [-0.2, -0.15) is 0 Å². The van der Waals surface area contributed by atoms with Gasteiger partial charge in [0.05, 0.1) is 33.8 Å². The van der Waals surface area contributed by atoms with Crippen molar-refractivity contribution in [2.24, 2.45) is 5.41 Å². The van der Waals surface area contributed by atoms with Crippen LogP contribution in [0.5, 0.6) is 0 Å². The number of aryl methyl sites for hydroxylation is 1. The Labute approximate surface area is 195 Å². The molecule has 2 amide bonds. The van der Waals surface area contributed by atoms with Gasteiger partial charge in [-0.25, -0.2) is 9.97 Å². The third kappa shape index (κ3) is 4.98. The predicted molar refractivity (Wildman–Crippen MR) is 128 cm³/mol. The predicted octanol–water partition coefficient (Wildman–Crippen LogP) is 4.68. The first-order chi connectivity index (χ1) is 15.6.